The van der Waals surface area contributed by atoms with Crippen LogP contribution in [0.2, 0.25) is 0 Å². The normalized spacial score (nSPS) is 24.2. The minimum absolute atomic E-state index is 0.326. The summed E-state index contributed by atoms with van der Waals surface area (Å²) in [5, 5.41) is 3.57. The summed E-state index contributed by atoms with van der Waals surface area (Å²) in [4.78, 5) is 14.7. The highest BCUT2D eigenvalue weighted by Gasteiger charge is 2.23. The van der Waals surface area contributed by atoms with Crippen molar-refractivity contribution in [2.24, 2.45) is 5.92 Å². The van der Waals surface area contributed by atoms with E-state index in [1.165, 1.54) is 51.4 Å². The van der Waals surface area contributed by atoms with Crippen molar-refractivity contribution >= 4 is 5.91 Å². The minimum atomic E-state index is 0.326. The highest BCUT2D eigenvalue weighted by atomic mass is 16.2. The molecule has 0 aromatic heterocycles. The van der Waals surface area contributed by atoms with Crippen LogP contribution in [0, 0.1) is 5.92 Å². The summed E-state index contributed by atoms with van der Waals surface area (Å²) >= 11 is 0. The second kappa shape index (κ2) is 8.77. The fraction of sp³-hybridized carbons (Fsp3) is 0.944. The predicted octanol–water partition coefficient (Wildman–Crippen LogP) is 3.73. The minimum Gasteiger partial charge on any atom is -0.339 e. The van der Waals surface area contributed by atoms with Gasteiger partial charge in [-0.25, -0.2) is 0 Å². The molecule has 1 N–H and O–H groups in total. The number of hydrogen-bond acceptors (Lipinski definition) is 2. The van der Waals surface area contributed by atoms with E-state index in [1.54, 1.807) is 0 Å². The first kappa shape index (κ1) is 16.8. The Labute approximate surface area is 130 Å². The van der Waals surface area contributed by atoms with E-state index in [4.69, 9.17) is 0 Å². The molecular formula is C18H34N2O. The lowest BCUT2D eigenvalue weighted by atomic mass is 9.86. The Morgan fingerprint density at radius 2 is 1.81 bits per heavy atom. The molecule has 1 amide bonds. The Balaban J connectivity index is 1.77. The molecule has 122 valence electrons. The SMILES string of the molecule is CC(C)N(CC1CCCCN1)C(=O)CCC1CCCCC1. The first-order valence-corrected chi connectivity index (χ1v) is 9.19. The molecule has 0 radical (unpaired) electrons. The Morgan fingerprint density at radius 1 is 1.10 bits per heavy atom. The number of rotatable bonds is 6. The van der Waals surface area contributed by atoms with Crippen molar-refractivity contribution in [2.45, 2.75) is 90.1 Å². The summed E-state index contributed by atoms with van der Waals surface area (Å²) in [6.07, 6.45) is 12.5. The van der Waals surface area contributed by atoms with Gasteiger partial charge in [0, 0.05) is 25.0 Å². The van der Waals surface area contributed by atoms with Gasteiger partial charge in [-0.1, -0.05) is 38.5 Å². The first-order valence-electron chi connectivity index (χ1n) is 9.19. The third-order valence-corrected chi connectivity index (χ3v) is 5.26. The lowest BCUT2D eigenvalue weighted by molar-refractivity contribution is -0.133. The standard InChI is InChI=1S/C18H34N2O/c1-15(2)20(14-17-10-6-7-13-19-17)18(21)12-11-16-8-4-3-5-9-16/h15-17,19H,3-14H2,1-2H3. The number of carbonyl (C=O) groups excluding carboxylic acids is 1. The van der Waals surface area contributed by atoms with Crippen LogP contribution >= 0.6 is 0 Å². The third kappa shape index (κ3) is 5.61. The van der Waals surface area contributed by atoms with E-state index in [0.717, 1.165) is 31.8 Å². The van der Waals surface area contributed by atoms with E-state index in [2.05, 4.69) is 24.1 Å². The second-order valence-corrected chi connectivity index (χ2v) is 7.33. The quantitative estimate of drug-likeness (QED) is 0.809. The molecule has 0 aromatic carbocycles. The Hall–Kier alpha value is -0.570. The van der Waals surface area contributed by atoms with Crippen molar-refractivity contribution in [3.63, 3.8) is 0 Å². The molecule has 21 heavy (non-hydrogen) atoms. The molecule has 1 saturated heterocycles. The maximum absolute atomic E-state index is 12.6. The molecule has 1 heterocycles. The van der Waals surface area contributed by atoms with Gasteiger partial charge < -0.3 is 10.2 Å². The van der Waals surface area contributed by atoms with Gasteiger partial charge in [0.2, 0.25) is 5.91 Å². The molecule has 2 fully saturated rings. The largest absolute Gasteiger partial charge is 0.339 e. The molecule has 1 unspecified atom stereocenters. The third-order valence-electron chi connectivity index (χ3n) is 5.26. The van der Waals surface area contributed by atoms with E-state index < -0.39 is 0 Å². The van der Waals surface area contributed by atoms with Crippen molar-refractivity contribution in [3.8, 4) is 0 Å². The maximum atomic E-state index is 12.6. The van der Waals surface area contributed by atoms with Crippen molar-refractivity contribution < 1.29 is 4.79 Å². The molecule has 1 aliphatic carbocycles. The number of nitrogens with zero attached hydrogens (tertiary/aromatic N) is 1. The zero-order chi connectivity index (χ0) is 15.1. The first-order chi connectivity index (χ1) is 10.2. The summed E-state index contributed by atoms with van der Waals surface area (Å²) in [5.74, 6) is 1.19. The Kier molecular flexibility index (Phi) is 7.01. The number of piperidine rings is 1. The summed E-state index contributed by atoms with van der Waals surface area (Å²) in [7, 11) is 0. The monoisotopic (exact) mass is 294 g/mol. The second-order valence-electron chi connectivity index (χ2n) is 7.33. The molecule has 2 rings (SSSR count). The van der Waals surface area contributed by atoms with Crippen LogP contribution < -0.4 is 5.32 Å². The van der Waals surface area contributed by atoms with Crippen LogP contribution in [0.25, 0.3) is 0 Å². The van der Waals surface area contributed by atoms with E-state index in [0.29, 0.717) is 18.0 Å². The average molecular weight is 294 g/mol. The number of carbonyl (C=O) groups is 1. The highest BCUT2D eigenvalue weighted by molar-refractivity contribution is 5.76. The molecule has 3 nitrogen and oxygen atoms in total. The zero-order valence-corrected chi connectivity index (χ0v) is 14.1. The zero-order valence-electron chi connectivity index (χ0n) is 14.1. The van der Waals surface area contributed by atoms with Gasteiger partial charge in [-0.05, 0) is 45.6 Å². The number of amides is 1. The van der Waals surface area contributed by atoms with Crippen LogP contribution in [-0.2, 0) is 4.79 Å². The van der Waals surface area contributed by atoms with Crippen molar-refractivity contribution in [1.82, 2.24) is 10.2 Å². The van der Waals surface area contributed by atoms with Crippen LogP contribution in [0.4, 0.5) is 0 Å². The fourth-order valence-electron chi connectivity index (χ4n) is 3.86. The van der Waals surface area contributed by atoms with Gasteiger partial charge in [0.05, 0.1) is 0 Å². The lowest BCUT2D eigenvalue weighted by Crippen LogP contribution is -2.48. The molecular weight excluding hydrogens is 260 g/mol. The molecule has 0 aromatic rings. The van der Waals surface area contributed by atoms with Crippen molar-refractivity contribution in [2.75, 3.05) is 13.1 Å². The Morgan fingerprint density at radius 3 is 2.43 bits per heavy atom. The average Bonchev–Trinajstić information content (AvgIpc) is 2.52. The van der Waals surface area contributed by atoms with Gasteiger partial charge in [0.25, 0.3) is 0 Å². The molecule has 2 aliphatic rings. The molecule has 1 saturated carbocycles. The molecule has 0 spiro atoms. The number of hydrogen-bond donors (Lipinski definition) is 1. The van der Waals surface area contributed by atoms with E-state index in [-0.39, 0.29) is 0 Å². The summed E-state index contributed by atoms with van der Waals surface area (Å²) < 4.78 is 0. The van der Waals surface area contributed by atoms with Crippen molar-refractivity contribution in [1.29, 1.82) is 0 Å². The molecule has 1 atom stereocenters. The molecule has 3 heteroatoms. The van der Waals surface area contributed by atoms with Crippen LogP contribution in [0.5, 0.6) is 0 Å². The van der Waals surface area contributed by atoms with Crippen molar-refractivity contribution in [3.05, 3.63) is 0 Å². The van der Waals surface area contributed by atoms with Gasteiger partial charge in [-0.2, -0.15) is 0 Å². The number of nitrogens with one attached hydrogen (secondary N) is 1. The molecule has 1 aliphatic heterocycles. The predicted molar refractivity (Wildman–Crippen MR) is 88.3 cm³/mol. The Bertz CT molecular complexity index is 304. The fourth-order valence-corrected chi connectivity index (χ4v) is 3.86. The van der Waals surface area contributed by atoms with Crippen LogP contribution in [0.1, 0.15) is 78.1 Å². The van der Waals surface area contributed by atoms with E-state index >= 15 is 0 Å². The van der Waals surface area contributed by atoms with Gasteiger partial charge in [0.15, 0.2) is 0 Å². The van der Waals surface area contributed by atoms with E-state index in [1.807, 2.05) is 0 Å². The molecule has 0 bridgehead atoms. The topological polar surface area (TPSA) is 32.3 Å². The smallest absolute Gasteiger partial charge is 0.222 e. The summed E-state index contributed by atoms with van der Waals surface area (Å²) in [5.41, 5.74) is 0. The van der Waals surface area contributed by atoms with Crippen LogP contribution in [-0.4, -0.2) is 36.0 Å². The van der Waals surface area contributed by atoms with Gasteiger partial charge in [-0.15, -0.1) is 0 Å². The summed E-state index contributed by atoms with van der Waals surface area (Å²) in [6.45, 7) is 6.33. The maximum Gasteiger partial charge on any atom is 0.222 e. The van der Waals surface area contributed by atoms with Gasteiger partial charge >= 0.3 is 0 Å². The highest BCUT2D eigenvalue weighted by Crippen LogP contribution is 2.27. The lowest BCUT2D eigenvalue weighted by Gasteiger charge is -2.33. The van der Waals surface area contributed by atoms with E-state index in [9.17, 15) is 4.79 Å². The van der Waals surface area contributed by atoms with Gasteiger partial charge in [0.1, 0.15) is 0 Å². The van der Waals surface area contributed by atoms with Gasteiger partial charge in [-0.3, -0.25) is 4.79 Å². The van der Waals surface area contributed by atoms with Crippen LogP contribution in [0.15, 0.2) is 0 Å². The van der Waals surface area contributed by atoms with Crippen LogP contribution in [0.3, 0.4) is 0 Å². The summed E-state index contributed by atoms with van der Waals surface area (Å²) in [6, 6.07) is 0.840.